The topological polar surface area (TPSA) is 49.3 Å². The molecule has 1 aliphatic heterocycles. The van der Waals surface area contributed by atoms with Gasteiger partial charge in [-0.15, -0.1) is 0 Å². The molecule has 0 aromatic heterocycles. The van der Waals surface area contributed by atoms with Gasteiger partial charge in [-0.2, -0.15) is 0 Å². The normalized spacial score (nSPS) is 52.3. The molecule has 0 bridgehead atoms. The number of rotatable bonds is 0. The molecule has 0 radical (unpaired) electrons. The summed E-state index contributed by atoms with van der Waals surface area (Å²) in [7, 11) is 0. The quantitative estimate of drug-likeness (QED) is 0.627. The zero-order valence-corrected chi connectivity index (χ0v) is 18.5. The third-order valence-electron chi connectivity index (χ3n) is 10.9. The Hall–Kier alpha value is -0.830. The van der Waals surface area contributed by atoms with Crippen LogP contribution in [-0.2, 0) is 4.79 Å². The van der Waals surface area contributed by atoms with Gasteiger partial charge in [-0.3, -0.25) is 4.79 Å². The summed E-state index contributed by atoms with van der Waals surface area (Å²) in [5.41, 5.74) is 3.05. The fraction of sp³-hybridized carbons (Fsp3) is 0.880. The maximum atomic E-state index is 12.4. The van der Waals surface area contributed by atoms with Gasteiger partial charge in [0.25, 0.3) is 0 Å². The molecule has 28 heavy (non-hydrogen) atoms. The smallest absolute Gasteiger partial charge is 0.247 e. The SMILES string of the molecule is CC1(C)CCC[C@]2(C)[C@H]3C[C@@H](O)[C@]4(C)C5=C(CC[C@H]4[C@]3(C)CC[C@@H]12)C(=O)NC5. The largest absolute Gasteiger partial charge is 0.392 e. The monoisotopic (exact) mass is 385 g/mol. The molecule has 7 atom stereocenters. The molecule has 0 unspecified atom stereocenters. The molecule has 1 heterocycles. The number of carbonyl (C=O) groups is 1. The van der Waals surface area contributed by atoms with E-state index < -0.39 is 0 Å². The lowest BCUT2D eigenvalue weighted by Gasteiger charge is -2.70. The van der Waals surface area contributed by atoms with Gasteiger partial charge in [0.2, 0.25) is 5.91 Å². The second kappa shape index (κ2) is 5.65. The summed E-state index contributed by atoms with van der Waals surface area (Å²) >= 11 is 0. The molecule has 0 saturated heterocycles. The van der Waals surface area contributed by atoms with E-state index in [-0.39, 0.29) is 22.8 Å². The molecule has 3 nitrogen and oxygen atoms in total. The molecule has 1 amide bonds. The van der Waals surface area contributed by atoms with Crippen LogP contribution in [0.15, 0.2) is 11.1 Å². The van der Waals surface area contributed by atoms with Crippen LogP contribution in [0.3, 0.4) is 0 Å². The summed E-state index contributed by atoms with van der Waals surface area (Å²) in [5, 5.41) is 14.7. The van der Waals surface area contributed by atoms with Crippen molar-refractivity contribution in [2.45, 2.75) is 92.1 Å². The van der Waals surface area contributed by atoms with Crippen molar-refractivity contribution in [2.24, 2.45) is 39.4 Å². The van der Waals surface area contributed by atoms with Crippen molar-refractivity contribution in [2.75, 3.05) is 6.54 Å². The van der Waals surface area contributed by atoms with Crippen molar-refractivity contribution in [3.63, 3.8) is 0 Å². The minimum Gasteiger partial charge on any atom is -0.392 e. The lowest BCUT2D eigenvalue weighted by Crippen LogP contribution is -2.65. The summed E-state index contributed by atoms with van der Waals surface area (Å²) in [6.07, 6.45) is 9.19. The molecular formula is C25H39NO2. The van der Waals surface area contributed by atoms with Crippen molar-refractivity contribution in [3.05, 3.63) is 11.1 Å². The fourth-order valence-electron chi connectivity index (χ4n) is 9.66. The van der Waals surface area contributed by atoms with Crippen molar-refractivity contribution < 1.29 is 9.90 Å². The summed E-state index contributed by atoms with van der Waals surface area (Å²) in [6.45, 7) is 13.1. The van der Waals surface area contributed by atoms with Gasteiger partial charge >= 0.3 is 0 Å². The molecule has 0 aromatic carbocycles. The first kappa shape index (κ1) is 19.2. The molecule has 0 spiro atoms. The molecule has 4 aliphatic carbocycles. The van der Waals surface area contributed by atoms with Gasteiger partial charge in [0.05, 0.1) is 6.10 Å². The highest BCUT2D eigenvalue weighted by atomic mass is 16.3. The highest BCUT2D eigenvalue weighted by molar-refractivity contribution is 5.97. The van der Waals surface area contributed by atoms with Crippen LogP contribution in [0, 0.1) is 39.4 Å². The van der Waals surface area contributed by atoms with Crippen molar-refractivity contribution in [3.8, 4) is 0 Å². The standard InChI is InChI=1S/C25H39NO2/c1-22(2)10-6-11-23(3)17(22)9-12-24(4)18-8-7-15-16(14-26-21(15)28)25(18,5)20(27)13-19(23)24/h17-20,27H,6-14H2,1-5H3,(H,26,28)/t17-,18-,19+,20+,23-,24-,25+/m0/s1. The van der Waals surface area contributed by atoms with E-state index >= 15 is 0 Å². The first-order chi connectivity index (χ1) is 13.0. The number of hydrogen-bond donors (Lipinski definition) is 2. The van der Waals surface area contributed by atoms with Crippen LogP contribution in [0.4, 0.5) is 0 Å². The predicted octanol–water partition coefficient (Wildman–Crippen LogP) is 4.84. The van der Waals surface area contributed by atoms with Crippen molar-refractivity contribution >= 4 is 5.91 Å². The second-order valence-electron chi connectivity index (χ2n) is 12.3. The van der Waals surface area contributed by atoms with Crippen molar-refractivity contribution in [1.82, 2.24) is 5.32 Å². The molecule has 5 aliphatic rings. The van der Waals surface area contributed by atoms with E-state index in [1.807, 2.05) is 0 Å². The summed E-state index contributed by atoms with van der Waals surface area (Å²) < 4.78 is 0. The molecular weight excluding hydrogens is 346 g/mol. The Balaban J connectivity index is 1.59. The molecule has 3 heteroatoms. The van der Waals surface area contributed by atoms with Crippen LogP contribution >= 0.6 is 0 Å². The van der Waals surface area contributed by atoms with Gasteiger partial charge in [-0.1, -0.05) is 41.0 Å². The minimum atomic E-state index is -0.325. The van der Waals surface area contributed by atoms with Gasteiger partial charge < -0.3 is 10.4 Å². The second-order valence-corrected chi connectivity index (χ2v) is 12.3. The highest BCUT2D eigenvalue weighted by Gasteiger charge is 2.67. The molecule has 2 N–H and O–H groups in total. The lowest BCUT2D eigenvalue weighted by atomic mass is 9.35. The van der Waals surface area contributed by atoms with E-state index in [9.17, 15) is 9.90 Å². The van der Waals surface area contributed by atoms with E-state index in [0.717, 1.165) is 30.8 Å². The van der Waals surface area contributed by atoms with Gasteiger partial charge in [0.15, 0.2) is 0 Å². The molecule has 3 saturated carbocycles. The first-order valence-electron chi connectivity index (χ1n) is 11.7. The van der Waals surface area contributed by atoms with Gasteiger partial charge in [0.1, 0.15) is 0 Å². The maximum Gasteiger partial charge on any atom is 0.247 e. The fourth-order valence-corrected chi connectivity index (χ4v) is 9.66. The summed E-state index contributed by atoms with van der Waals surface area (Å²) in [4.78, 5) is 12.4. The van der Waals surface area contributed by atoms with E-state index in [4.69, 9.17) is 0 Å². The minimum absolute atomic E-state index is 0.124. The predicted molar refractivity (Wildman–Crippen MR) is 112 cm³/mol. The Labute approximate surface area is 170 Å². The van der Waals surface area contributed by atoms with E-state index in [1.165, 1.54) is 37.7 Å². The number of nitrogens with one attached hydrogen (secondary N) is 1. The Morgan fingerprint density at radius 3 is 2.39 bits per heavy atom. The number of aliphatic hydroxyl groups is 1. The zero-order valence-electron chi connectivity index (χ0n) is 18.5. The summed E-state index contributed by atoms with van der Waals surface area (Å²) in [6, 6.07) is 0. The molecule has 3 fully saturated rings. The molecule has 5 rings (SSSR count). The van der Waals surface area contributed by atoms with E-state index in [1.54, 1.807) is 0 Å². The van der Waals surface area contributed by atoms with Gasteiger partial charge in [-0.25, -0.2) is 0 Å². The first-order valence-corrected chi connectivity index (χ1v) is 11.7. The lowest BCUT2D eigenvalue weighted by molar-refractivity contribution is -0.217. The number of aliphatic hydroxyl groups excluding tert-OH is 1. The Bertz CT molecular complexity index is 754. The van der Waals surface area contributed by atoms with E-state index in [2.05, 4.69) is 39.9 Å². The average Bonchev–Trinajstić information content (AvgIpc) is 2.99. The average molecular weight is 386 g/mol. The summed E-state index contributed by atoms with van der Waals surface area (Å²) in [5.74, 6) is 1.98. The van der Waals surface area contributed by atoms with Crippen LogP contribution in [-0.4, -0.2) is 23.7 Å². The third-order valence-corrected chi connectivity index (χ3v) is 10.9. The number of carbonyl (C=O) groups excluding carboxylic acids is 1. The maximum absolute atomic E-state index is 12.4. The van der Waals surface area contributed by atoms with Crippen LogP contribution in [0.1, 0.15) is 86.0 Å². The van der Waals surface area contributed by atoms with Gasteiger partial charge in [0, 0.05) is 17.5 Å². The molecule has 0 aromatic rings. The highest BCUT2D eigenvalue weighted by Crippen LogP contribution is 2.73. The van der Waals surface area contributed by atoms with Crippen LogP contribution < -0.4 is 5.32 Å². The third kappa shape index (κ3) is 2.13. The van der Waals surface area contributed by atoms with Crippen molar-refractivity contribution in [1.29, 1.82) is 0 Å². The van der Waals surface area contributed by atoms with Crippen LogP contribution in [0.5, 0.6) is 0 Å². The van der Waals surface area contributed by atoms with Gasteiger partial charge in [-0.05, 0) is 84.5 Å². The number of hydrogen-bond acceptors (Lipinski definition) is 2. The van der Waals surface area contributed by atoms with Crippen LogP contribution in [0.2, 0.25) is 0 Å². The molecule has 156 valence electrons. The number of fused-ring (bicyclic) bond motifs is 6. The van der Waals surface area contributed by atoms with E-state index in [0.29, 0.717) is 29.2 Å². The zero-order chi connectivity index (χ0) is 20.1. The Morgan fingerprint density at radius 1 is 0.929 bits per heavy atom. The van der Waals surface area contributed by atoms with Crippen LogP contribution in [0.25, 0.3) is 0 Å². The Kier molecular flexibility index (Phi) is 3.86. The number of amides is 1. The Morgan fingerprint density at radius 2 is 1.64 bits per heavy atom.